The molecular formula is C20H19N3O4. The standard InChI is InChI=1S/C20H19N3O4/c1-13-4-2-3-5-15(13)19(25)23-10-8-22(9-11-23)18(24)14-6-7-16-17(12-14)27-20(26)21-16/h2-7,12H,8-11H2,1H3,(H,21,26). The third kappa shape index (κ3) is 3.23. The Labute approximate surface area is 155 Å². The van der Waals surface area contributed by atoms with Gasteiger partial charge in [0.1, 0.15) is 0 Å². The van der Waals surface area contributed by atoms with E-state index < -0.39 is 5.76 Å². The smallest absolute Gasteiger partial charge is 0.408 e. The molecule has 2 aromatic carbocycles. The summed E-state index contributed by atoms with van der Waals surface area (Å²) < 4.78 is 5.02. The van der Waals surface area contributed by atoms with Crippen LogP contribution in [0.25, 0.3) is 11.1 Å². The minimum Gasteiger partial charge on any atom is -0.408 e. The van der Waals surface area contributed by atoms with Gasteiger partial charge in [0, 0.05) is 37.3 Å². The number of amides is 2. The van der Waals surface area contributed by atoms with Gasteiger partial charge in [-0.1, -0.05) is 18.2 Å². The molecule has 138 valence electrons. The first-order chi connectivity index (χ1) is 13.0. The molecule has 0 bridgehead atoms. The molecule has 0 aliphatic carbocycles. The first kappa shape index (κ1) is 17.1. The average molecular weight is 365 g/mol. The zero-order chi connectivity index (χ0) is 19.0. The summed E-state index contributed by atoms with van der Waals surface area (Å²) >= 11 is 0. The second kappa shape index (κ2) is 6.75. The zero-order valence-corrected chi connectivity index (χ0v) is 14.9. The number of hydrogen-bond acceptors (Lipinski definition) is 4. The van der Waals surface area contributed by atoms with E-state index in [2.05, 4.69) is 4.98 Å². The van der Waals surface area contributed by atoms with Gasteiger partial charge < -0.3 is 14.2 Å². The molecule has 0 atom stereocenters. The number of aromatic nitrogens is 1. The maximum absolute atomic E-state index is 12.7. The van der Waals surface area contributed by atoms with Crippen LogP contribution in [-0.2, 0) is 0 Å². The molecule has 1 aliphatic heterocycles. The first-order valence-corrected chi connectivity index (χ1v) is 8.80. The normalized spacial score (nSPS) is 14.6. The summed E-state index contributed by atoms with van der Waals surface area (Å²) in [4.78, 5) is 42.7. The molecule has 1 N–H and O–H groups in total. The number of benzene rings is 2. The second-order valence-electron chi connectivity index (χ2n) is 6.62. The van der Waals surface area contributed by atoms with E-state index in [4.69, 9.17) is 4.42 Å². The molecular weight excluding hydrogens is 346 g/mol. The summed E-state index contributed by atoms with van der Waals surface area (Å²) in [5, 5.41) is 0. The number of rotatable bonds is 2. The zero-order valence-electron chi connectivity index (χ0n) is 14.9. The molecule has 7 heteroatoms. The van der Waals surface area contributed by atoms with Crippen LogP contribution < -0.4 is 5.76 Å². The van der Waals surface area contributed by atoms with E-state index >= 15 is 0 Å². The molecule has 4 rings (SSSR count). The average Bonchev–Trinajstić information content (AvgIpc) is 3.06. The lowest BCUT2D eigenvalue weighted by Crippen LogP contribution is -2.50. The van der Waals surface area contributed by atoms with Gasteiger partial charge >= 0.3 is 5.76 Å². The van der Waals surface area contributed by atoms with Gasteiger partial charge in [-0.3, -0.25) is 14.6 Å². The van der Waals surface area contributed by atoms with Gasteiger partial charge in [-0.25, -0.2) is 4.79 Å². The van der Waals surface area contributed by atoms with Crippen LogP contribution in [0.15, 0.2) is 51.7 Å². The third-order valence-electron chi connectivity index (χ3n) is 4.90. The number of nitrogens with one attached hydrogen (secondary N) is 1. The van der Waals surface area contributed by atoms with Gasteiger partial charge in [0.25, 0.3) is 11.8 Å². The summed E-state index contributed by atoms with van der Waals surface area (Å²) in [6.45, 7) is 3.82. The Hall–Kier alpha value is -3.35. The highest BCUT2D eigenvalue weighted by Crippen LogP contribution is 2.17. The fraction of sp³-hybridized carbons (Fsp3) is 0.250. The van der Waals surface area contributed by atoms with Crippen LogP contribution in [0.4, 0.5) is 0 Å². The van der Waals surface area contributed by atoms with E-state index in [0.29, 0.717) is 48.4 Å². The minimum absolute atomic E-state index is 0.00397. The highest BCUT2D eigenvalue weighted by atomic mass is 16.4. The van der Waals surface area contributed by atoms with Crippen molar-refractivity contribution in [3.8, 4) is 0 Å². The largest absolute Gasteiger partial charge is 0.417 e. The fourth-order valence-electron chi connectivity index (χ4n) is 3.36. The molecule has 2 amide bonds. The third-order valence-corrected chi connectivity index (χ3v) is 4.90. The number of piperazine rings is 1. The molecule has 0 radical (unpaired) electrons. The molecule has 7 nitrogen and oxygen atoms in total. The Morgan fingerprint density at radius 2 is 1.63 bits per heavy atom. The van der Waals surface area contributed by atoms with Crippen molar-refractivity contribution in [1.82, 2.24) is 14.8 Å². The lowest BCUT2D eigenvalue weighted by molar-refractivity contribution is 0.0535. The lowest BCUT2D eigenvalue weighted by atomic mass is 10.1. The highest BCUT2D eigenvalue weighted by molar-refractivity contribution is 5.98. The van der Waals surface area contributed by atoms with Crippen LogP contribution in [0, 0.1) is 6.92 Å². The first-order valence-electron chi connectivity index (χ1n) is 8.80. The van der Waals surface area contributed by atoms with Crippen molar-refractivity contribution in [2.24, 2.45) is 0 Å². The Kier molecular flexibility index (Phi) is 4.27. The van der Waals surface area contributed by atoms with Crippen molar-refractivity contribution < 1.29 is 14.0 Å². The topological polar surface area (TPSA) is 86.6 Å². The van der Waals surface area contributed by atoms with Crippen LogP contribution in [0.2, 0.25) is 0 Å². The van der Waals surface area contributed by atoms with Gasteiger partial charge in [-0.2, -0.15) is 0 Å². The molecule has 0 saturated carbocycles. The van der Waals surface area contributed by atoms with E-state index in [9.17, 15) is 14.4 Å². The van der Waals surface area contributed by atoms with Crippen LogP contribution in [0.5, 0.6) is 0 Å². The molecule has 1 aromatic heterocycles. The SMILES string of the molecule is Cc1ccccc1C(=O)N1CCN(C(=O)c2ccc3[nH]c(=O)oc3c2)CC1. The summed E-state index contributed by atoms with van der Waals surface area (Å²) in [5.74, 6) is -0.683. The molecule has 3 aromatic rings. The Morgan fingerprint density at radius 1 is 0.963 bits per heavy atom. The Bertz CT molecular complexity index is 1070. The quantitative estimate of drug-likeness (QED) is 0.753. The van der Waals surface area contributed by atoms with E-state index in [0.717, 1.165) is 5.56 Å². The van der Waals surface area contributed by atoms with Crippen molar-refractivity contribution in [2.75, 3.05) is 26.2 Å². The van der Waals surface area contributed by atoms with Crippen molar-refractivity contribution in [1.29, 1.82) is 0 Å². The molecule has 2 heterocycles. The summed E-state index contributed by atoms with van der Waals surface area (Å²) in [5.41, 5.74) is 3.03. The summed E-state index contributed by atoms with van der Waals surface area (Å²) in [6, 6.07) is 12.4. The van der Waals surface area contributed by atoms with E-state index in [1.165, 1.54) is 0 Å². The van der Waals surface area contributed by atoms with Crippen LogP contribution >= 0.6 is 0 Å². The van der Waals surface area contributed by atoms with E-state index in [-0.39, 0.29) is 11.8 Å². The van der Waals surface area contributed by atoms with Crippen LogP contribution in [0.3, 0.4) is 0 Å². The Morgan fingerprint density at radius 3 is 2.33 bits per heavy atom. The van der Waals surface area contributed by atoms with Crippen LogP contribution in [0.1, 0.15) is 26.3 Å². The maximum Gasteiger partial charge on any atom is 0.417 e. The maximum atomic E-state index is 12.7. The number of oxazole rings is 1. The number of aryl methyl sites for hydroxylation is 1. The minimum atomic E-state index is -0.544. The van der Waals surface area contributed by atoms with Gasteiger partial charge in [0.15, 0.2) is 5.58 Å². The predicted octanol–water partition coefficient (Wildman–Crippen LogP) is 2.03. The molecule has 0 unspecified atom stereocenters. The van der Waals surface area contributed by atoms with Gasteiger partial charge in [0.05, 0.1) is 5.52 Å². The van der Waals surface area contributed by atoms with Gasteiger partial charge in [0.2, 0.25) is 0 Å². The number of carbonyl (C=O) groups excluding carboxylic acids is 2. The van der Waals surface area contributed by atoms with Crippen molar-refractivity contribution in [3.05, 3.63) is 69.7 Å². The van der Waals surface area contributed by atoms with Crippen molar-refractivity contribution in [2.45, 2.75) is 6.92 Å². The van der Waals surface area contributed by atoms with E-state index in [1.807, 2.05) is 31.2 Å². The van der Waals surface area contributed by atoms with Gasteiger partial charge in [-0.15, -0.1) is 0 Å². The number of fused-ring (bicyclic) bond motifs is 1. The van der Waals surface area contributed by atoms with Crippen molar-refractivity contribution >= 4 is 22.9 Å². The predicted molar refractivity (Wildman–Crippen MR) is 99.8 cm³/mol. The molecule has 1 aliphatic rings. The number of nitrogens with zero attached hydrogens (tertiary/aromatic N) is 2. The Balaban J connectivity index is 1.45. The molecule has 27 heavy (non-hydrogen) atoms. The van der Waals surface area contributed by atoms with Crippen molar-refractivity contribution in [3.63, 3.8) is 0 Å². The molecule has 1 saturated heterocycles. The number of hydrogen-bond donors (Lipinski definition) is 1. The summed E-state index contributed by atoms with van der Waals surface area (Å²) in [7, 11) is 0. The summed E-state index contributed by atoms with van der Waals surface area (Å²) in [6.07, 6.45) is 0. The molecule has 1 fully saturated rings. The fourth-order valence-corrected chi connectivity index (χ4v) is 3.36. The number of aromatic amines is 1. The number of carbonyl (C=O) groups is 2. The second-order valence-corrected chi connectivity index (χ2v) is 6.62. The molecule has 0 spiro atoms. The van der Waals surface area contributed by atoms with E-state index in [1.54, 1.807) is 28.0 Å². The number of H-pyrrole nitrogens is 1. The monoisotopic (exact) mass is 365 g/mol. The highest BCUT2D eigenvalue weighted by Gasteiger charge is 2.26. The van der Waals surface area contributed by atoms with Gasteiger partial charge in [-0.05, 0) is 36.8 Å². The van der Waals surface area contributed by atoms with Crippen LogP contribution in [-0.4, -0.2) is 52.8 Å². The lowest BCUT2D eigenvalue weighted by Gasteiger charge is -2.35.